The van der Waals surface area contributed by atoms with Crippen molar-refractivity contribution in [2.24, 2.45) is 7.05 Å². The average molecular weight is 255 g/mol. The molecule has 1 aromatic heterocycles. The Labute approximate surface area is 112 Å². The first-order chi connectivity index (χ1) is 9.15. The van der Waals surface area contributed by atoms with E-state index in [9.17, 15) is 4.79 Å². The number of aromatic nitrogens is 2. The highest BCUT2D eigenvalue weighted by molar-refractivity contribution is 5.93. The molecule has 98 valence electrons. The van der Waals surface area contributed by atoms with Gasteiger partial charge < -0.3 is 5.73 Å². The molecule has 0 saturated carbocycles. The number of nitrogens with two attached hydrogens (primary N) is 1. The lowest BCUT2D eigenvalue weighted by Crippen LogP contribution is -2.01. The first kappa shape index (κ1) is 13.1. The van der Waals surface area contributed by atoms with Crippen LogP contribution in [0.1, 0.15) is 17.7 Å². The van der Waals surface area contributed by atoms with Gasteiger partial charge in [0.2, 0.25) is 0 Å². The van der Waals surface area contributed by atoms with Crippen molar-refractivity contribution in [1.29, 1.82) is 0 Å². The number of nitrogen functional groups attached to an aromatic ring is 1. The molecule has 2 rings (SSSR count). The largest absolute Gasteiger partial charge is 0.399 e. The maximum absolute atomic E-state index is 11.7. The summed E-state index contributed by atoms with van der Waals surface area (Å²) in [4.78, 5) is 11.7. The number of anilines is 1. The summed E-state index contributed by atoms with van der Waals surface area (Å²) in [5.74, 6) is 0.109. The van der Waals surface area contributed by atoms with Gasteiger partial charge in [-0.2, -0.15) is 5.10 Å². The molecule has 0 saturated heterocycles. The fourth-order valence-corrected chi connectivity index (χ4v) is 1.78. The molecule has 0 amide bonds. The summed E-state index contributed by atoms with van der Waals surface area (Å²) in [5.41, 5.74) is 8.36. The quantitative estimate of drug-likeness (QED) is 0.658. The molecule has 1 heterocycles. The maximum atomic E-state index is 11.7. The highest BCUT2D eigenvalue weighted by Crippen LogP contribution is 2.08. The number of aryl methyl sites for hydroxylation is 2. The van der Waals surface area contributed by atoms with Gasteiger partial charge >= 0.3 is 0 Å². The zero-order chi connectivity index (χ0) is 13.7. The molecule has 4 heteroatoms. The zero-order valence-corrected chi connectivity index (χ0v) is 10.9. The fraction of sp³-hybridized carbons (Fsp3) is 0.200. The van der Waals surface area contributed by atoms with E-state index < -0.39 is 0 Å². The standard InChI is InChI=1S/C15H17N3O/c1-18-14(10-11-17-18)7-9-15(19)8-4-12-2-5-13(16)6-3-12/h2-6,8,10-11H,7,9,16H2,1H3/b8-4+. The van der Waals surface area contributed by atoms with Gasteiger partial charge in [-0.05, 0) is 36.3 Å². The molecule has 0 spiro atoms. The second-order valence-electron chi connectivity index (χ2n) is 4.41. The molecule has 0 radical (unpaired) electrons. The Bertz CT molecular complexity index is 582. The van der Waals surface area contributed by atoms with Gasteiger partial charge in [0.25, 0.3) is 0 Å². The Kier molecular flexibility index (Phi) is 4.13. The van der Waals surface area contributed by atoms with Crippen LogP contribution in [0.3, 0.4) is 0 Å². The Morgan fingerprint density at radius 1 is 1.32 bits per heavy atom. The van der Waals surface area contributed by atoms with Crippen LogP contribution in [0, 0.1) is 0 Å². The molecular weight excluding hydrogens is 238 g/mol. The summed E-state index contributed by atoms with van der Waals surface area (Å²) in [6, 6.07) is 9.34. The van der Waals surface area contributed by atoms with E-state index >= 15 is 0 Å². The highest BCUT2D eigenvalue weighted by atomic mass is 16.1. The number of allylic oxidation sites excluding steroid dienone is 1. The lowest BCUT2D eigenvalue weighted by molar-refractivity contribution is -0.114. The number of hydrogen-bond donors (Lipinski definition) is 1. The topological polar surface area (TPSA) is 60.9 Å². The van der Waals surface area contributed by atoms with E-state index in [2.05, 4.69) is 5.10 Å². The summed E-state index contributed by atoms with van der Waals surface area (Å²) in [6.45, 7) is 0. The highest BCUT2D eigenvalue weighted by Gasteiger charge is 2.02. The lowest BCUT2D eigenvalue weighted by atomic mass is 10.1. The van der Waals surface area contributed by atoms with Gasteiger partial charge in [0, 0.05) is 31.0 Å². The third-order valence-electron chi connectivity index (χ3n) is 2.95. The predicted octanol–water partition coefficient (Wildman–Crippen LogP) is 2.22. The van der Waals surface area contributed by atoms with Crippen molar-refractivity contribution < 1.29 is 4.79 Å². The molecule has 0 aliphatic carbocycles. The summed E-state index contributed by atoms with van der Waals surface area (Å²) in [6.07, 6.45) is 6.36. The van der Waals surface area contributed by atoms with Crippen LogP contribution in [0.4, 0.5) is 5.69 Å². The van der Waals surface area contributed by atoms with E-state index in [1.165, 1.54) is 0 Å². The number of ketones is 1. The van der Waals surface area contributed by atoms with Gasteiger partial charge in [-0.15, -0.1) is 0 Å². The molecule has 0 bridgehead atoms. The van der Waals surface area contributed by atoms with Crippen LogP contribution in [0.25, 0.3) is 6.08 Å². The van der Waals surface area contributed by atoms with Gasteiger partial charge in [0.15, 0.2) is 5.78 Å². The van der Waals surface area contributed by atoms with Crippen LogP contribution in [0.5, 0.6) is 0 Å². The van der Waals surface area contributed by atoms with Crippen molar-refractivity contribution in [1.82, 2.24) is 9.78 Å². The number of carbonyl (C=O) groups excluding carboxylic acids is 1. The van der Waals surface area contributed by atoms with E-state index in [0.717, 1.165) is 16.9 Å². The van der Waals surface area contributed by atoms with Gasteiger partial charge in [0.1, 0.15) is 0 Å². The van der Waals surface area contributed by atoms with E-state index in [0.29, 0.717) is 12.8 Å². The maximum Gasteiger partial charge on any atom is 0.156 e. The SMILES string of the molecule is Cn1nccc1CCC(=O)/C=C/c1ccc(N)cc1. The van der Waals surface area contributed by atoms with Crippen LogP contribution in [0.2, 0.25) is 0 Å². The molecule has 4 nitrogen and oxygen atoms in total. The normalized spacial score (nSPS) is 11.0. The van der Waals surface area contributed by atoms with Crippen LogP contribution < -0.4 is 5.73 Å². The Morgan fingerprint density at radius 3 is 2.68 bits per heavy atom. The van der Waals surface area contributed by atoms with Gasteiger partial charge in [-0.1, -0.05) is 18.2 Å². The van der Waals surface area contributed by atoms with Gasteiger partial charge in [0.05, 0.1) is 0 Å². The smallest absolute Gasteiger partial charge is 0.156 e. The molecule has 0 unspecified atom stereocenters. The van der Waals surface area contributed by atoms with E-state index in [1.807, 2.05) is 43.5 Å². The summed E-state index contributed by atoms with van der Waals surface area (Å²) >= 11 is 0. The van der Waals surface area contributed by atoms with Gasteiger partial charge in [-0.3, -0.25) is 9.48 Å². The Hall–Kier alpha value is -2.36. The number of rotatable bonds is 5. The molecule has 2 aromatic rings. The number of hydrogen-bond acceptors (Lipinski definition) is 3. The van der Waals surface area contributed by atoms with Crippen molar-refractivity contribution in [2.75, 3.05) is 5.73 Å². The monoisotopic (exact) mass is 255 g/mol. The van der Waals surface area contributed by atoms with E-state index in [4.69, 9.17) is 5.73 Å². The van der Waals surface area contributed by atoms with Crippen molar-refractivity contribution in [3.05, 3.63) is 53.9 Å². The first-order valence-electron chi connectivity index (χ1n) is 6.18. The second kappa shape index (κ2) is 6.00. The summed E-state index contributed by atoms with van der Waals surface area (Å²) in [7, 11) is 1.88. The zero-order valence-electron chi connectivity index (χ0n) is 10.9. The number of carbonyl (C=O) groups is 1. The minimum absolute atomic E-state index is 0.109. The van der Waals surface area contributed by atoms with E-state index in [1.54, 1.807) is 17.0 Å². The summed E-state index contributed by atoms with van der Waals surface area (Å²) < 4.78 is 1.79. The third-order valence-corrected chi connectivity index (χ3v) is 2.95. The van der Waals surface area contributed by atoms with Gasteiger partial charge in [-0.25, -0.2) is 0 Å². The van der Waals surface area contributed by atoms with Crippen molar-refractivity contribution in [3.63, 3.8) is 0 Å². The third kappa shape index (κ3) is 3.81. The van der Waals surface area contributed by atoms with E-state index in [-0.39, 0.29) is 5.78 Å². The average Bonchev–Trinajstić information content (AvgIpc) is 2.81. The van der Waals surface area contributed by atoms with Crippen LogP contribution >= 0.6 is 0 Å². The summed E-state index contributed by atoms with van der Waals surface area (Å²) in [5, 5.41) is 4.07. The lowest BCUT2D eigenvalue weighted by Gasteiger charge is -1.99. The molecule has 0 aliphatic heterocycles. The van der Waals surface area contributed by atoms with Crippen molar-refractivity contribution in [2.45, 2.75) is 12.8 Å². The minimum Gasteiger partial charge on any atom is -0.399 e. The number of nitrogens with zero attached hydrogens (tertiary/aromatic N) is 2. The predicted molar refractivity (Wildman–Crippen MR) is 76.4 cm³/mol. The molecular formula is C15H17N3O. The second-order valence-corrected chi connectivity index (χ2v) is 4.41. The first-order valence-corrected chi connectivity index (χ1v) is 6.18. The number of benzene rings is 1. The van der Waals surface area contributed by atoms with Crippen molar-refractivity contribution in [3.8, 4) is 0 Å². The van der Waals surface area contributed by atoms with Crippen LogP contribution in [-0.4, -0.2) is 15.6 Å². The molecule has 0 fully saturated rings. The Balaban J connectivity index is 1.87. The Morgan fingerprint density at radius 2 is 2.05 bits per heavy atom. The molecule has 0 aliphatic rings. The van der Waals surface area contributed by atoms with Crippen LogP contribution in [-0.2, 0) is 18.3 Å². The molecule has 1 aromatic carbocycles. The molecule has 0 atom stereocenters. The van der Waals surface area contributed by atoms with Crippen molar-refractivity contribution >= 4 is 17.5 Å². The van der Waals surface area contributed by atoms with Crippen LogP contribution in [0.15, 0.2) is 42.6 Å². The molecule has 19 heavy (non-hydrogen) atoms. The fourth-order valence-electron chi connectivity index (χ4n) is 1.78. The minimum atomic E-state index is 0.109. The molecule has 2 N–H and O–H groups in total.